The molecule has 2 amide bonds. The molecule has 0 radical (unpaired) electrons. The highest BCUT2D eigenvalue weighted by Gasteiger charge is 2.47. The fraction of sp³-hybridized carbons (Fsp3) is 0.406. The summed E-state index contributed by atoms with van der Waals surface area (Å²) in [7, 11) is -3.71. The number of nitrogens with two attached hydrogens (primary N) is 1. The maximum absolute atomic E-state index is 12.7. The van der Waals surface area contributed by atoms with Crippen molar-refractivity contribution in [1.82, 2.24) is 9.71 Å². The number of hydrogen-bond acceptors (Lipinski definition) is 7. The van der Waals surface area contributed by atoms with E-state index in [4.69, 9.17) is 22.1 Å². The van der Waals surface area contributed by atoms with Gasteiger partial charge in [-0.3, -0.25) is 4.79 Å². The average molecular weight is 630 g/mol. The molecule has 3 rings (SSSR count). The zero-order valence-corrected chi connectivity index (χ0v) is 26.9. The third-order valence-corrected chi connectivity index (χ3v) is 8.13. The number of aliphatic hydroxyl groups is 1. The third-order valence-electron chi connectivity index (χ3n) is 7.35. The molecule has 0 aliphatic carbocycles. The van der Waals surface area contributed by atoms with Crippen molar-refractivity contribution in [2.24, 2.45) is 17.1 Å². The van der Waals surface area contributed by atoms with E-state index < -0.39 is 39.1 Å². The lowest BCUT2D eigenvalue weighted by atomic mass is 9.69. The molecule has 0 saturated heterocycles. The number of nitrogens with zero attached hydrogens (tertiary/aromatic N) is 1. The topological polar surface area (TPSA) is 149 Å². The van der Waals surface area contributed by atoms with Crippen molar-refractivity contribution >= 4 is 33.6 Å². The van der Waals surface area contributed by atoms with Crippen molar-refractivity contribution in [3.8, 4) is 11.1 Å². The van der Waals surface area contributed by atoms with Crippen LogP contribution in [0.2, 0.25) is 5.15 Å². The number of hydrogen-bond donors (Lipinski definition) is 3. The molecule has 9 nitrogen and oxygen atoms in total. The van der Waals surface area contributed by atoms with Crippen LogP contribution in [0, 0.1) is 11.3 Å². The second kappa shape index (κ2) is 13.4. The zero-order valence-electron chi connectivity index (χ0n) is 25.3. The van der Waals surface area contributed by atoms with Crippen LogP contribution in [0.5, 0.6) is 0 Å². The highest BCUT2D eigenvalue weighted by molar-refractivity contribution is 7.89. The van der Waals surface area contributed by atoms with Gasteiger partial charge >= 0.3 is 6.09 Å². The molecule has 4 N–H and O–H groups in total. The van der Waals surface area contributed by atoms with Crippen molar-refractivity contribution in [2.75, 3.05) is 6.26 Å². The number of carbonyl (C=O) groups is 2. The van der Waals surface area contributed by atoms with Gasteiger partial charge in [-0.15, -0.1) is 0 Å². The van der Waals surface area contributed by atoms with E-state index in [0.717, 1.165) is 28.5 Å². The molecular formula is C32H40ClN3O6S. The van der Waals surface area contributed by atoms with E-state index in [1.54, 1.807) is 24.3 Å². The van der Waals surface area contributed by atoms with Crippen molar-refractivity contribution < 1.29 is 27.9 Å². The lowest BCUT2D eigenvalue weighted by Gasteiger charge is -2.45. The summed E-state index contributed by atoms with van der Waals surface area (Å²) in [6, 6.07) is 16.3. The molecule has 0 saturated carbocycles. The van der Waals surface area contributed by atoms with Gasteiger partial charge in [0.15, 0.2) is 0 Å². The number of aromatic nitrogens is 1. The van der Waals surface area contributed by atoms with Gasteiger partial charge in [0.1, 0.15) is 10.8 Å². The zero-order chi connectivity index (χ0) is 32.2. The lowest BCUT2D eigenvalue weighted by Crippen LogP contribution is -2.51. The third kappa shape index (κ3) is 9.26. The van der Waals surface area contributed by atoms with E-state index in [0.29, 0.717) is 22.7 Å². The maximum atomic E-state index is 12.7. The Morgan fingerprint density at radius 2 is 1.67 bits per heavy atom. The quantitative estimate of drug-likeness (QED) is 0.226. The second-order valence-electron chi connectivity index (χ2n) is 12.3. The smallest absolute Gasteiger partial charge is 0.405 e. The first kappa shape index (κ1) is 34.0. The van der Waals surface area contributed by atoms with E-state index in [-0.39, 0.29) is 18.8 Å². The first-order valence-corrected chi connectivity index (χ1v) is 16.2. The van der Waals surface area contributed by atoms with Gasteiger partial charge in [0.05, 0.1) is 12.4 Å². The SMILES string of the molecule is CC(C)Cc1cc(-c2ccc(CC(C[C@@H](O)c3ccc(Cl)nc3)(OC(N)=O)C(C)(C)C)cc2)ccc1C(=O)NS(C)(=O)=O. The van der Waals surface area contributed by atoms with Crippen LogP contribution in [0.1, 0.15) is 74.2 Å². The van der Waals surface area contributed by atoms with E-state index in [1.165, 1.54) is 6.20 Å². The molecule has 0 spiro atoms. The van der Waals surface area contributed by atoms with Crippen LogP contribution in [-0.2, 0) is 27.6 Å². The van der Waals surface area contributed by atoms with E-state index in [9.17, 15) is 23.1 Å². The van der Waals surface area contributed by atoms with Crippen molar-refractivity contribution in [2.45, 2.75) is 65.6 Å². The minimum atomic E-state index is -3.71. The molecule has 1 heterocycles. The van der Waals surface area contributed by atoms with Gasteiger partial charge in [0.25, 0.3) is 5.91 Å². The Labute approximate surface area is 258 Å². The summed E-state index contributed by atoms with van der Waals surface area (Å²) >= 11 is 5.91. The summed E-state index contributed by atoms with van der Waals surface area (Å²) in [5.41, 5.74) is 7.95. The van der Waals surface area contributed by atoms with Gasteiger partial charge in [-0.05, 0) is 52.3 Å². The lowest BCUT2D eigenvalue weighted by molar-refractivity contribution is -0.0931. The van der Waals surface area contributed by atoms with Gasteiger partial charge in [-0.25, -0.2) is 22.9 Å². The molecule has 2 aromatic carbocycles. The fourth-order valence-electron chi connectivity index (χ4n) is 5.05. The number of nitrogens with one attached hydrogen (secondary N) is 1. The van der Waals surface area contributed by atoms with Crippen LogP contribution >= 0.6 is 11.6 Å². The Bertz CT molecular complexity index is 1550. The predicted molar refractivity (Wildman–Crippen MR) is 168 cm³/mol. The largest absolute Gasteiger partial charge is 0.442 e. The second-order valence-corrected chi connectivity index (χ2v) is 14.5. The number of pyridine rings is 1. The van der Waals surface area contributed by atoms with E-state index in [2.05, 4.69) is 9.71 Å². The Kier molecular flexibility index (Phi) is 10.6. The Morgan fingerprint density at radius 1 is 1.05 bits per heavy atom. The molecule has 2 atom stereocenters. The molecular weight excluding hydrogens is 590 g/mol. The molecule has 43 heavy (non-hydrogen) atoms. The molecule has 0 aliphatic heterocycles. The van der Waals surface area contributed by atoms with Crippen LogP contribution in [0.25, 0.3) is 11.1 Å². The summed E-state index contributed by atoms with van der Waals surface area (Å²) in [5.74, 6) is -0.429. The minimum absolute atomic E-state index is 0.0695. The summed E-state index contributed by atoms with van der Waals surface area (Å²) in [6.07, 6.45) is 1.43. The van der Waals surface area contributed by atoms with Gasteiger partial charge in [0.2, 0.25) is 10.0 Å². The molecule has 0 bridgehead atoms. The Morgan fingerprint density at radius 3 is 2.19 bits per heavy atom. The van der Waals surface area contributed by atoms with Crippen molar-refractivity contribution in [1.29, 1.82) is 0 Å². The number of ether oxygens (including phenoxy) is 1. The number of halogens is 1. The Balaban J connectivity index is 1.95. The number of primary amides is 1. The highest BCUT2D eigenvalue weighted by Crippen LogP contribution is 2.43. The monoisotopic (exact) mass is 629 g/mol. The fourth-order valence-corrected chi connectivity index (χ4v) is 5.61. The van der Waals surface area contributed by atoms with Crippen LogP contribution in [-0.4, -0.2) is 42.4 Å². The number of rotatable bonds is 11. The van der Waals surface area contributed by atoms with Crippen LogP contribution in [0.4, 0.5) is 4.79 Å². The molecule has 3 aromatic rings. The highest BCUT2D eigenvalue weighted by atomic mass is 35.5. The molecule has 0 aliphatic rings. The summed E-state index contributed by atoms with van der Waals surface area (Å²) in [4.78, 5) is 28.9. The van der Waals surface area contributed by atoms with Gasteiger partial charge in [0, 0.05) is 30.0 Å². The van der Waals surface area contributed by atoms with Crippen LogP contribution < -0.4 is 10.5 Å². The number of aliphatic hydroxyl groups excluding tert-OH is 1. The van der Waals surface area contributed by atoms with Crippen LogP contribution in [0.15, 0.2) is 60.8 Å². The summed E-state index contributed by atoms with van der Waals surface area (Å²) in [5, 5.41) is 11.4. The Hall–Kier alpha value is -3.47. The maximum Gasteiger partial charge on any atom is 0.405 e. The van der Waals surface area contributed by atoms with Gasteiger partial charge in [-0.1, -0.05) is 88.7 Å². The standard InChI is InChI=1S/C32H40ClN3O6S/c1-20(2)15-25-16-23(11-13-26(25)29(38)36-43(6,40)41)22-9-7-21(8-10-22)17-32(31(3,4)5,42-30(34)39)18-27(37)24-12-14-28(33)35-19-24/h7-14,16,19-20,27,37H,15,17-18H2,1-6H3,(H2,34,39)(H,36,38)/t27-,32?/m1/s1. The molecule has 232 valence electrons. The number of amides is 2. The average Bonchev–Trinajstić information content (AvgIpc) is 2.87. The summed E-state index contributed by atoms with van der Waals surface area (Å²) < 4.78 is 31.2. The first-order chi connectivity index (χ1) is 19.9. The molecule has 1 unspecified atom stereocenters. The molecule has 1 aromatic heterocycles. The van der Waals surface area contributed by atoms with Crippen molar-refractivity contribution in [3.05, 3.63) is 88.2 Å². The number of benzene rings is 2. The van der Waals surface area contributed by atoms with E-state index in [1.807, 2.05) is 65.0 Å². The predicted octanol–water partition coefficient (Wildman–Crippen LogP) is 5.84. The van der Waals surface area contributed by atoms with Gasteiger partial charge < -0.3 is 15.6 Å². The minimum Gasteiger partial charge on any atom is -0.442 e. The van der Waals surface area contributed by atoms with E-state index >= 15 is 0 Å². The molecule has 11 heteroatoms. The number of carbonyl (C=O) groups excluding carboxylic acids is 2. The van der Waals surface area contributed by atoms with Crippen LogP contribution in [0.3, 0.4) is 0 Å². The normalized spacial score (nSPS) is 14.2. The van der Waals surface area contributed by atoms with Gasteiger partial charge in [-0.2, -0.15) is 0 Å². The first-order valence-electron chi connectivity index (χ1n) is 13.9. The molecule has 0 fully saturated rings. The van der Waals surface area contributed by atoms with Crippen molar-refractivity contribution in [3.63, 3.8) is 0 Å². The summed E-state index contributed by atoms with van der Waals surface area (Å²) in [6.45, 7) is 9.82. The number of sulfonamides is 1.